The molecule has 2 rings (SSSR count). The largest absolute Gasteiger partial charge is 0.378 e. The first-order valence-corrected chi connectivity index (χ1v) is 7.19. The van der Waals surface area contributed by atoms with Gasteiger partial charge >= 0.3 is 0 Å². The standard InChI is InChI=1S/C14H26N2O3.ClH/c1-5-18-12-8-11(14(12,2)3)16(4)13(17)10-9-15-6-7-19-10;/h10-12,15H,5-9H2,1-4H3;1H. The zero-order chi connectivity index (χ0) is 14.0. The summed E-state index contributed by atoms with van der Waals surface area (Å²) in [5.41, 5.74) is 0.0164. The summed E-state index contributed by atoms with van der Waals surface area (Å²) in [4.78, 5) is 14.3. The highest BCUT2D eigenvalue weighted by Crippen LogP contribution is 2.45. The molecule has 0 radical (unpaired) electrons. The minimum Gasteiger partial charge on any atom is -0.378 e. The Labute approximate surface area is 127 Å². The number of hydrogen-bond donors (Lipinski definition) is 1. The molecule has 0 aromatic carbocycles. The molecule has 0 aromatic heterocycles. The molecule has 20 heavy (non-hydrogen) atoms. The summed E-state index contributed by atoms with van der Waals surface area (Å²) in [6.07, 6.45) is 0.840. The molecule has 1 saturated carbocycles. The van der Waals surface area contributed by atoms with Gasteiger partial charge in [-0.25, -0.2) is 0 Å². The van der Waals surface area contributed by atoms with Crippen LogP contribution in [0, 0.1) is 5.41 Å². The lowest BCUT2D eigenvalue weighted by molar-refractivity contribution is -0.172. The fourth-order valence-electron chi connectivity index (χ4n) is 3.11. The molecule has 0 spiro atoms. The van der Waals surface area contributed by atoms with Crippen LogP contribution in [0.3, 0.4) is 0 Å². The molecule has 2 aliphatic rings. The minimum absolute atomic E-state index is 0. The second kappa shape index (κ2) is 7.07. The molecule has 3 unspecified atom stereocenters. The fourth-order valence-corrected chi connectivity index (χ4v) is 3.11. The number of hydrogen-bond acceptors (Lipinski definition) is 4. The molecule has 1 heterocycles. The van der Waals surface area contributed by atoms with Gasteiger partial charge in [-0.3, -0.25) is 4.79 Å². The number of carbonyl (C=O) groups is 1. The van der Waals surface area contributed by atoms with Gasteiger partial charge in [-0.15, -0.1) is 12.4 Å². The number of rotatable bonds is 4. The SMILES string of the molecule is CCOC1CC(N(C)C(=O)C2CNCCO2)C1(C)C.Cl. The van der Waals surface area contributed by atoms with E-state index in [-0.39, 0.29) is 42.0 Å². The van der Waals surface area contributed by atoms with E-state index in [4.69, 9.17) is 9.47 Å². The summed E-state index contributed by atoms with van der Waals surface area (Å²) in [5, 5.41) is 3.20. The summed E-state index contributed by atoms with van der Waals surface area (Å²) in [6, 6.07) is 0.238. The molecule has 1 N–H and O–H groups in total. The van der Waals surface area contributed by atoms with Crippen LogP contribution in [0.25, 0.3) is 0 Å². The second-order valence-corrected chi connectivity index (χ2v) is 6.03. The number of ether oxygens (including phenoxy) is 2. The van der Waals surface area contributed by atoms with Gasteiger partial charge in [0.05, 0.1) is 12.7 Å². The van der Waals surface area contributed by atoms with Crippen molar-refractivity contribution in [3.63, 3.8) is 0 Å². The van der Waals surface area contributed by atoms with Crippen molar-refractivity contribution in [1.82, 2.24) is 10.2 Å². The highest BCUT2D eigenvalue weighted by Gasteiger charge is 2.52. The van der Waals surface area contributed by atoms with Crippen LogP contribution in [0.15, 0.2) is 0 Å². The molecule has 2 fully saturated rings. The highest BCUT2D eigenvalue weighted by molar-refractivity contribution is 5.85. The molecule has 118 valence electrons. The number of morpholine rings is 1. The monoisotopic (exact) mass is 306 g/mol. The number of carbonyl (C=O) groups excluding carboxylic acids is 1. The number of nitrogens with one attached hydrogen (secondary N) is 1. The Morgan fingerprint density at radius 2 is 2.20 bits per heavy atom. The fraction of sp³-hybridized carbons (Fsp3) is 0.929. The van der Waals surface area contributed by atoms with Crippen LogP contribution in [0.5, 0.6) is 0 Å². The second-order valence-electron chi connectivity index (χ2n) is 6.03. The molecule has 3 atom stereocenters. The van der Waals surface area contributed by atoms with Crippen LogP contribution in [0.2, 0.25) is 0 Å². The average Bonchev–Trinajstić information content (AvgIpc) is 2.42. The van der Waals surface area contributed by atoms with Gasteiger partial charge in [0.1, 0.15) is 6.10 Å². The zero-order valence-electron chi connectivity index (χ0n) is 12.8. The van der Waals surface area contributed by atoms with Crippen molar-refractivity contribution < 1.29 is 14.3 Å². The normalized spacial score (nSPS) is 31.9. The van der Waals surface area contributed by atoms with E-state index in [1.165, 1.54) is 0 Å². The van der Waals surface area contributed by atoms with E-state index in [1.807, 2.05) is 18.9 Å². The molecule has 6 heteroatoms. The summed E-state index contributed by atoms with van der Waals surface area (Å²) < 4.78 is 11.3. The lowest BCUT2D eigenvalue weighted by atomic mass is 9.63. The van der Waals surface area contributed by atoms with Crippen LogP contribution >= 0.6 is 12.4 Å². The van der Waals surface area contributed by atoms with Gasteiger partial charge < -0.3 is 19.7 Å². The zero-order valence-corrected chi connectivity index (χ0v) is 13.7. The van der Waals surface area contributed by atoms with Gasteiger partial charge in [-0.2, -0.15) is 0 Å². The third kappa shape index (κ3) is 3.27. The lowest BCUT2D eigenvalue weighted by Crippen LogP contribution is -2.64. The third-order valence-electron chi connectivity index (χ3n) is 4.51. The van der Waals surface area contributed by atoms with Crippen LogP contribution in [-0.4, -0.2) is 62.4 Å². The quantitative estimate of drug-likeness (QED) is 0.844. The van der Waals surface area contributed by atoms with Gasteiger partial charge in [0.2, 0.25) is 0 Å². The Bertz CT molecular complexity index is 332. The van der Waals surface area contributed by atoms with Crippen molar-refractivity contribution in [2.45, 2.75) is 45.4 Å². The van der Waals surface area contributed by atoms with Gasteiger partial charge in [-0.05, 0) is 13.3 Å². The van der Waals surface area contributed by atoms with E-state index < -0.39 is 0 Å². The summed E-state index contributed by atoms with van der Waals surface area (Å²) in [5.74, 6) is 0.0835. The number of amides is 1. The Hall–Kier alpha value is -0.360. The Morgan fingerprint density at radius 3 is 2.70 bits per heavy atom. The first-order valence-electron chi connectivity index (χ1n) is 7.19. The van der Waals surface area contributed by atoms with Crippen LogP contribution in [0.4, 0.5) is 0 Å². The summed E-state index contributed by atoms with van der Waals surface area (Å²) >= 11 is 0. The number of halogens is 1. The van der Waals surface area contributed by atoms with Crippen molar-refractivity contribution in [1.29, 1.82) is 0 Å². The van der Waals surface area contributed by atoms with Gasteiger partial charge in [0, 0.05) is 38.2 Å². The van der Waals surface area contributed by atoms with Crippen LogP contribution in [-0.2, 0) is 14.3 Å². The first-order chi connectivity index (χ1) is 8.98. The van der Waals surface area contributed by atoms with E-state index in [2.05, 4.69) is 19.2 Å². The Morgan fingerprint density at radius 1 is 1.50 bits per heavy atom. The van der Waals surface area contributed by atoms with E-state index in [9.17, 15) is 4.79 Å². The number of likely N-dealkylation sites (N-methyl/N-ethyl adjacent to an activating group) is 1. The van der Waals surface area contributed by atoms with E-state index >= 15 is 0 Å². The van der Waals surface area contributed by atoms with Crippen LogP contribution in [0.1, 0.15) is 27.2 Å². The minimum atomic E-state index is -0.333. The van der Waals surface area contributed by atoms with Gasteiger partial charge in [0.15, 0.2) is 0 Å². The van der Waals surface area contributed by atoms with Gasteiger partial charge in [0.25, 0.3) is 5.91 Å². The first kappa shape index (κ1) is 17.7. The topological polar surface area (TPSA) is 50.8 Å². The van der Waals surface area contributed by atoms with Crippen molar-refractivity contribution in [3.05, 3.63) is 0 Å². The molecule has 5 nitrogen and oxygen atoms in total. The molecule has 1 amide bonds. The smallest absolute Gasteiger partial charge is 0.253 e. The van der Waals surface area contributed by atoms with E-state index in [1.54, 1.807) is 0 Å². The molecule has 1 saturated heterocycles. The van der Waals surface area contributed by atoms with Crippen molar-refractivity contribution in [3.8, 4) is 0 Å². The molecule has 1 aliphatic carbocycles. The Kier molecular flexibility index (Phi) is 6.25. The average molecular weight is 307 g/mol. The Balaban J connectivity index is 0.00000200. The maximum absolute atomic E-state index is 12.4. The summed E-state index contributed by atoms with van der Waals surface area (Å²) in [6.45, 7) is 9.14. The van der Waals surface area contributed by atoms with Crippen LogP contribution < -0.4 is 5.32 Å². The van der Waals surface area contributed by atoms with Crippen molar-refractivity contribution in [2.75, 3.05) is 33.4 Å². The predicted molar refractivity (Wildman–Crippen MR) is 80.2 cm³/mol. The van der Waals surface area contributed by atoms with E-state index in [0.717, 1.165) is 19.6 Å². The molecule has 1 aliphatic heterocycles. The van der Waals surface area contributed by atoms with E-state index in [0.29, 0.717) is 13.2 Å². The maximum Gasteiger partial charge on any atom is 0.253 e. The maximum atomic E-state index is 12.4. The third-order valence-corrected chi connectivity index (χ3v) is 4.51. The van der Waals surface area contributed by atoms with Crippen molar-refractivity contribution >= 4 is 18.3 Å². The summed E-state index contributed by atoms with van der Waals surface area (Å²) in [7, 11) is 1.88. The number of nitrogens with zero attached hydrogens (tertiary/aromatic N) is 1. The van der Waals surface area contributed by atoms with Crippen molar-refractivity contribution in [2.24, 2.45) is 5.41 Å². The molecule has 0 aromatic rings. The van der Waals surface area contributed by atoms with Gasteiger partial charge in [-0.1, -0.05) is 13.8 Å². The molecular formula is C14H27ClN2O3. The molecular weight excluding hydrogens is 280 g/mol. The predicted octanol–water partition coefficient (Wildman–Crippen LogP) is 1.06. The highest BCUT2D eigenvalue weighted by atomic mass is 35.5. The molecule has 0 bridgehead atoms. The lowest BCUT2D eigenvalue weighted by Gasteiger charge is -2.55.